The van der Waals surface area contributed by atoms with Gasteiger partial charge in [-0.05, 0) is 0 Å². The fraction of sp³-hybridized carbons (Fsp3) is 0. The zero-order valence-electron chi connectivity index (χ0n) is 3.67. The molecule has 0 aromatic carbocycles. The van der Waals surface area contributed by atoms with E-state index in [4.69, 9.17) is 24.1 Å². The third-order valence-electron chi connectivity index (χ3n) is 0. The van der Waals surface area contributed by atoms with E-state index < -0.39 is 16.8 Å². The zero-order valence-corrected chi connectivity index (χ0v) is 5.46. The van der Waals surface area contributed by atoms with Crippen LogP contribution in [0.5, 0.6) is 0 Å². The minimum Gasteiger partial charge on any atom is -0.338 e. The minimum absolute atomic E-state index is 2.12. The summed E-state index contributed by atoms with van der Waals surface area (Å²) in [6.45, 7) is 0. The third kappa shape index (κ3) is 1650. The molecule has 0 amide bonds. The number of hydrogen-bond acceptors (Lipinski definition) is 4. The largest absolute Gasteiger partial charge is 0.692 e. The van der Waals surface area contributed by atoms with Crippen LogP contribution in [0.4, 0.5) is 0 Å². The van der Waals surface area contributed by atoms with Crippen LogP contribution in [0.2, 0.25) is 0 Å². The lowest BCUT2D eigenvalue weighted by molar-refractivity contribution is 0.405. The van der Waals surface area contributed by atoms with Crippen LogP contribution in [0.15, 0.2) is 0 Å². The number of rotatable bonds is 0. The van der Waals surface area contributed by atoms with E-state index in [1.807, 2.05) is 0 Å². The molecule has 8 heavy (non-hydrogen) atoms. The third-order valence-corrected chi connectivity index (χ3v) is 0. The second-order valence-electron chi connectivity index (χ2n) is 0.573. The molecule has 0 unspecified atom stereocenters. The average molecular weight is 162 g/mol. The van der Waals surface area contributed by atoms with Crippen LogP contribution < -0.4 is 5.50 Å². The molecule has 0 saturated heterocycles. The SMILES string of the molecule is NP(O)O.O=[P+](O)O. The van der Waals surface area contributed by atoms with Gasteiger partial charge in [-0.3, -0.25) is 5.50 Å². The normalized spacial score (nSPS) is 7.75. The molecule has 0 spiro atoms. The lowest BCUT2D eigenvalue weighted by atomic mass is 13.9. The van der Waals surface area contributed by atoms with E-state index in [2.05, 4.69) is 5.50 Å². The van der Waals surface area contributed by atoms with E-state index in [1.54, 1.807) is 0 Å². The quantitative estimate of drug-likeness (QED) is 0.284. The van der Waals surface area contributed by atoms with E-state index in [0.29, 0.717) is 0 Å². The summed E-state index contributed by atoms with van der Waals surface area (Å²) >= 11 is 0. The van der Waals surface area contributed by atoms with E-state index in [9.17, 15) is 0 Å². The second-order valence-corrected chi connectivity index (χ2v) is 1.72. The lowest BCUT2D eigenvalue weighted by Crippen LogP contribution is -1.78. The Morgan fingerprint density at radius 2 is 1.38 bits per heavy atom. The van der Waals surface area contributed by atoms with E-state index in [1.165, 1.54) is 0 Å². The Balaban J connectivity index is 0. The molecule has 0 aliphatic rings. The predicted octanol–water partition coefficient (Wildman–Crippen LogP) is -1.22. The van der Waals surface area contributed by atoms with Crippen LogP contribution in [0.25, 0.3) is 0 Å². The van der Waals surface area contributed by atoms with Crippen molar-refractivity contribution in [3.05, 3.63) is 0 Å². The Morgan fingerprint density at radius 1 is 1.38 bits per heavy atom. The molecule has 6 N–H and O–H groups in total. The van der Waals surface area contributed by atoms with Crippen LogP contribution in [-0.2, 0) is 4.57 Å². The molecule has 50 valence electrons. The van der Waals surface area contributed by atoms with Gasteiger partial charge in [-0.2, -0.15) is 0 Å². The highest BCUT2D eigenvalue weighted by Crippen LogP contribution is 2.05. The molecule has 0 aromatic rings. The van der Waals surface area contributed by atoms with Crippen molar-refractivity contribution < 1.29 is 24.1 Å². The summed E-state index contributed by atoms with van der Waals surface area (Å²) < 4.78 is 8.70. The molecule has 0 heterocycles. The molecule has 0 atom stereocenters. The van der Waals surface area contributed by atoms with Crippen LogP contribution in [0, 0.1) is 0 Å². The van der Waals surface area contributed by atoms with Crippen molar-refractivity contribution in [3.63, 3.8) is 0 Å². The average Bonchev–Trinajstić information content (AvgIpc) is 1.25. The van der Waals surface area contributed by atoms with Gasteiger partial charge >= 0.3 is 8.25 Å². The fourth-order valence-corrected chi connectivity index (χ4v) is 0. The van der Waals surface area contributed by atoms with Crippen molar-refractivity contribution in [1.29, 1.82) is 0 Å². The minimum atomic E-state index is -2.87. The Labute approximate surface area is 47.5 Å². The van der Waals surface area contributed by atoms with E-state index in [-0.39, 0.29) is 0 Å². The molecule has 0 radical (unpaired) electrons. The Hall–Kier alpha value is 0.330. The molecule has 0 aliphatic heterocycles. The second kappa shape index (κ2) is 7.33. The molecule has 0 aliphatic carbocycles. The first-order chi connectivity index (χ1) is 3.46. The number of nitrogens with two attached hydrogens (primary N) is 1. The lowest BCUT2D eigenvalue weighted by Gasteiger charge is -1.79. The van der Waals surface area contributed by atoms with Crippen molar-refractivity contribution in [2.24, 2.45) is 5.50 Å². The van der Waals surface area contributed by atoms with Crippen molar-refractivity contribution in [3.8, 4) is 0 Å². The van der Waals surface area contributed by atoms with Gasteiger partial charge in [0.15, 0.2) is 0 Å². The van der Waals surface area contributed by atoms with Gasteiger partial charge in [0, 0.05) is 4.57 Å². The Morgan fingerprint density at radius 3 is 1.38 bits per heavy atom. The molecule has 0 bridgehead atoms. The first-order valence-electron chi connectivity index (χ1n) is 1.24. The topological polar surface area (TPSA) is 124 Å². The first-order valence-corrected chi connectivity index (χ1v) is 3.72. The molecular formula is H6NO5P2+. The first kappa shape index (κ1) is 11.2. The van der Waals surface area contributed by atoms with Gasteiger partial charge in [-0.25, -0.2) is 0 Å². The standard InChI is InChI=1S/H4NO2P.HO3P/c2*1-4(2)3/h2-3H,1H2;(H-,1,2,3)/p+1. The van der Waals surface area contributed by atoms with E-state index >= 15 is 0 Å². The molecular weight excluding hydrogens is 156 g/mol. The molecule has 0 aromatic heterocycles. The van der Waals surface area contributed by atoms with Crippen molar-refractivity contribution in [2.75, 3.05) is 0 Å². The summed E-state index contributed by atoms with van der Waals surface area (Å²) in [6, 6.07) is 0. The molecule has 6 nitrogen and oxygen atoms in total. The highest BCUT2D eigenvalue weighted by atomic mass is 31.2. The summed E-state index contributed by atoms with van der Waals surface area (Å²) in [4.78, 5) is 29.1. The maximum Gasteiger partial charge on any atom is 0.692 e. The summed E-state index contributed by atoms with van der Waals surface area (Å²) in [5.41, 5.74) is 4.29. The summed E-state index contributed by atoms with van der Waals surface area (Å²) in [5, 5.41) is 0. The summed E-state index contributed by atoms with van der Waals surface area (Å²) in [7, 11) is -4.99. The molecule has 0 rings (SSSR count). The summed E-state index contributed by atoms with van der Waals surface area (Å²) in [6.07, 6.45) is 0. The predicted molar refractivity (Wildman–Crippen MR) is 27.6 cm³/mol. The van der Waals surface area contributed by atoms with E-state index in [0.717, 1.165) is 0 Å². The van der Waals surface area contributed by atoms with Crippen LogP contribution in [0.1, 0.15) is 0 Å². The smallest absolute Gasteiger partial charge is 0.338 e. The highest BCUT2D eigenvalue weighted by Gasteiger charge is 1.93. The van der Waals surface area contributed by atoms with Gasteiger partial charge in [-0.1, -0.05) is 0 Å². The van der Waals surface area contributed by atoms with Gasteiger partial charge in [0.2, 0.25) is 8.53 Å². The molecule has 8 heteroatoms. The Bertz CT molecular complexity index is 54.7. The molecule has 0 fully saturated rings. The number of hydrogen-bond donors (Lipinski definition) is 5. The van der Waals surface area contributed by atoms with Crippen molar-refractivity contribution in [1.82, 2.24) is 0 Å². The van der Waals surface area contributed by atoms with Crippen LogP contribution >= 0.6 is 16.8 Å². The fourth-order valence-electron chi connectivity index (χ4n) is 0. The highest BCUT2D eigenvalue weighted by molar-refractivity contribution is 7.42. The van der Waals surface area contributed by atoms with Gasteiger partial charge in [0.05, 0.1) is 0 Å². The Kier molecular flexibility index (Phi) is 10.2. The maximum absolute atomic E-state index is 8.70. The van der Waals surface area contributed by atoms with Gasteiger partial charge in [0.25, 0.3) is 0 Å². The maximum atomic E-state index is 8.70. The van der Waals surface area contributed by atoms with Gasteiger partial charge in [0.1, 0.15) is 0 Å². The summed E-state index contributed by atoms with van der Waals surface area (Å²) in [5.74, 6) is 0. The van der Waals surface area contributed by atoms with Gasteiger partial charge in [-0.15, -0.1) is 9.79 Å². The van der Waals surface area contributed by atoms with Gasteiger partial charge < -0.3 is 9.79 Å². The monoisotopic (exact) mass is 162 g/mol. The molecule has 0 saturated carbocycles. The van der Waals surface area contributed by atoms with Crippen molar-refractivity contribution >= 4 is 16.8 Å². The van der Waals surface area contributed by atoms with Crippen LogP contribution in [0.3, 0.4) is 0 Å². The zero-order chi connectivity index (χ0) is 7.15. The van der Waals surface area contributed by atoms with Crippen LogP contribution in [-0.4, -0.2) is 19.6 Å². The van der Waals surface area contributed by atoms with Crippen molar-refractivity contribution in [2.45, 2.75) is 0 Å².